The minimum Gasteiger partial charge on any atom is -0.357 e. The molecule has 1 saturated heterocycles. The first-order valence-electron chi connectivity index (χ1n) is 9.64. The lowest BCUT2D eigenvalue weighted by Gasteiger charge is -2.28. The number of carbonyl (C=O) groups is 1. The van der Waals surface area contributed by atoms with Gasteiger partial charge < -0.3 is 20.9 Å². The van der Waals surface area contributed by atoms with Crippen LogP contribution in [0, 0.1) is 5.92 Å². The lowest BCUT2D eigenvalue weighted by atomic mass is 9.99. The number of halogens is 1. The molecule has 0 saturated carbocycles. The predicted molar refractivity (Wildman–Crippen MR) is 123 cm³/mol. The van der Waals surface area contributed by atoms with Gasteiger partial charge in [0.25, 0.3) is 5.91 Å². The number of benzene rings is 1. The lowest BCUT2D eigenvalue weighted by molar-refractivity contribution is 0.0963. The number of rotatable bonds is 7. The molecule has 0 radical (unpaired) electrons. The molecule has 0 aliphatic carbocycles. The van der Waals surface area contributed by atoms with Crippen molar-refractivity contribution in [2.45, 2.75) is 26.2 Å². The van der Waals surface area contributed by atoms with Gasteiger partial charge in [-0.05, 0) is 63.4 Å². The SMILES string of the molecule is CCNC(=NCC1CCCN(C)C1)NCCc1cccc(C(=O)NC)c1.I. The maximum atomic E-state index is 11.7. The highest BCUT2D eigenvalue weighted by Crippen LogP contribution is 2.15. The summed E-state index contributed by atoms with van der Waals surface area (Å²) in [5.41, 5.74) is 1.84. The number of nitrogens with one attached hydrogen (secondary N) is 3. The molecule has 0 spiro atoms. The highest BCUT2D eigenvalue weighted by atomic mass is 127. The molecule has 27 heavy (non-hydrogen) atoms. The Labute approximate surface area is 180 Å². The first-order valence-corrected chi connectivity index (χ1v) is 9.64. The van der Waals surface area contributed by atoms with Gasteiger partial charge in [-0.1, -0.05) is 12.1 Å². The van der Waals surface area contributed by atoms with Crippen molar-refractivity contribution in [1.82, 2.24) is 20.9 Å². The summed E-state index contributed by atoms with van der Waals surface area (Å²) in [6.45, 7) is 6.92. The van der Waals surface area contributed by atoms with Crippen LogP contribution in [0.5, 0.6) is 0 Å². The van der Waals surface area contributed by atoms with Crippen molar-refractivity contribution in [2.75, 3.05) is 46.8 Å². The second kappa shape index (κ2) is 12.9. The third-order valence-electron chi connectivity index (χ3n) is 4.70. The molecule has 1 aliphatic heterocycles. The number of likely N-dealkylation sites (tertiary alicyclic amines) is 1. The van der Waals surface area contributed by atoms with Crippen LogP contribution in [0.15, 0.2) is 29.3 Å². The van der Waals surface area contributed by atoms with Gasteiger partial charge in [-0.2, -0.15) is 0 Å². The molecule has 1 fully saturated rings. The number of hydrogen-bond donors (Lipinski definition) is 3. The van der Waals surface area contributed by atoms with Gasteiger partial charge >= 0.3 is 0 Å². The van der Waals surface area contributed by atoms with E-state index in [1.54, 1.807) is 7.05 Å². The summed E-state index contributed by atoms with van der Waals surface area (Å²) in [6, 6.07) is 7.76. The van der Waals surface area contributed by atoms with Gasteiger partial charge in [0.05, 0.1) is 0 Å². The Kier molecular flexibility index (Phi) is 11.3. The Morgan fingerprint density at radius 3 is 2.85 bits per heavy atom. The smallest absolute Gasteiger partial charge is 0.251 e. The summed E-state index contributed by atoms with van der Waals surface area (Å²) in [7, 11) is 3.84. The van der Waals surface area contributed by atoms with E-state index in [1.165, 1.54) is 19.4 Å². The van der Waals surface area contributed by atoms with Gasteiger partial charge in [-0.15, -0.1) is 24.0 Å². The molecule has 3 N–H and O–H groups in total. The van der Waals surface area contributed by atoms with Gasteiger partial charge in [0.2, 0.25) is 0 Å². The summed E-state index contributed by atoms with van der Waals surface area (Å²) in [4.78, 5) is 18.9. The number of carbonyl (C=O) groups excluding carboxylic acids is 1. The summed E-state index contributed by atoms with van der Waals surface area (Å²) in [5.74, 6) is 1.48. The second-order valence-electron chi connectivity index (χ2n) is 6.95. The van der Waals surface area contributed by atoms with E-state index in [9.17, 15) is 4.79 Å². The maximum Gasteiger partial charge on any atom is 0.251 e. The summed E-state index contributed by atoms with van der Waals surface area (Å²) in [5, 5.41) is 9.39. The Morgan fingerprint density at radius 1 is 1.33 bits per heavy atom. The molecule has 1 aliphatic rings. The molecule has 0 aromatic heterocycles. The van der Waals surface area contributed by atoms with Crippen LogP contribution in [-0.2, 0) is 6.42 Å². The molecule has 0 bridgehead atoms. The fourth-order valence-electron chi connectivity index (χ4n) is 3.32. The number of aliphatic imine (C=N–C) groups is 1. The summed E-state index contributed by atoms with van der Waals surface area (Å²) >= 11 is 0. The van der Waals surface area contributed by atoms with Crippen molar-refractivity contribution in [2.24, 2.45) is 10.9 Å². The molecule has 7 heteroatoms. The minimum absolute atomic E-state index is 0. The van der Waals surface area contributed by atoms with E-state index in [0.717, 1.165) is 44.1 Å². The minimum atomic E-state index is -0.0489. The van der Waals surface area contributed by atoms with E-state index in [4.69, 9.17) is 4.99 Å². The molecule has 6 nitrogen and oxygen atoms in total. The first kappa shape index (κ1) is 23.7. The first-order chi connectivity index (χ1) is 12.6. The third-order valence-corrected chi connectivity index (χ3v) is 4.70. The van der Waals surface area contributed by atoms with Gasteiger partial charge in [-0.3, -0.25) is 9.79 Å². The van der Waals surface area contributed by atoms with Crippen LogP contribution in [0.2, 0.25) is 0 Å². The largest absolute Gasteiger partial charge is 0.357 e. The molecular formula is C20H34IN5O. The molecule has 1 unspecified atom stereocenters. The average Bonchev–Trinajstić information content (AvgIpc) is 2.66. The molecular weight excluding hydrogens is 453 g/mol. The monoisotopic (exact) mass is 487 g/mol. The molecule has 1 aromatic rings. The van der Waals surface area contributed by atoms with Gasteiger partial charge in [0.15, 0.2) is 5.96 Å². The number of amides is 1. The fraction of sp³-hybridized carbons (Fsp3) is 0.600. The fourth-order valence-corrected chi connectivity index (χ4v) is 3.32. The quantitative estimate of drug-likeness (QED) is 0.313. The Balaban J connectivity index is 0.00000364. The van der Waals surface area contributed by atoms with E-state index < -0.39 is 0 Å². The summed E-state index contributed by atoms with van der Waals surface area (Å²) < 4.78 is 0. The van der Waals surface area contributed by atoms with Crippen molar-refractivity contribution < 1.29 is 4.79 Å². The van der Waals surface area contributed by atoms with E-state index >= 15 is 0 Å². The van der Waals surface area contributed by atoms with Crippen LogP contribution in [-0.4, -0.2) is 63.6 Å². The Hall–Kier alpha value is -1.35. The van der Waals surface area contributed by atoms with Crippen LogP contribution < -0.4 is 16.0 Å². The predicted octanol–water partition coefficient (Wildman–Crippen LogP) is 2.10. The van der Waals surface area contributed by atoms with Crippen LogP contribution in [0.25, 0.3) is 0 Å². The van der Waals surface area contributed by atoms with E-state index in [0.29, 0.717) is 11.5 Å². The topological polar surface area (TPSA) is 68.8 Å². The van der Waals surface area contributed by atoms with Crippen molar-refractivity contribution >= 4 is 35.8 Å². The maximum absolute atomic E-state index is 11.7. The van der Waals surface area contributed by atoms with Crippen molar-refractivity contribution in [1.29, 1.82) is 0 Å². The highest BCUT2D eigenvalue weighted by molar-refractivity contribution is 14.0. The third kappa shape index (κ3) is 8.47. The van der Waals surface area contributed by atoms with Gasteiger partial charge in [0, 0.05) is 38.8 Å². The van der Waals surface area contributed by atoms with Crippen molar-refractivity contribution in [3.05, 3.63) is 35.4 Å². The van der Waals surface area contributed by atoms with Gasteiger partial charge in [0.1, 0.15) is 0 Å². The molecule has 1 heterocycles. The zero-order valence-corrected chi connectivity index (χ0v) is 19.1. The van der Waals surface area contributed by atoms with Crippen LogP contribution in [0.1, 0.15) is 35.7 Å². The summed E-state index contributed by atoms with van der Waals surface area (Å²) in [6.07, 6.45) is 3.38. The number of guanidine groups is 1. The molecule has 1 amide bonds. The van der Waals surface area contributed by atoms with Gasteiger partial charge in [-0.25, -0.2) is 0 Å². The average molecular weight is 487 g/mol. The normalized spacial score (nSPS) is 17.7. The van der Waals surface area contributed by atoms with Crippen molar-refractivity contribution in [3.63, 3.8) is 0 Å². The number of nitrogens with zero attached hydrogens (tertiary/aromatic N) is 2. The molecule has 1 atom stereocenters. The zero-order chi connectivity index (χ0) is 18.8. The van der Waals surface area contributed by atoms with Crippen LogP contribution >= 0.6 is 24.0 Å². The van der Waals surface area contributed by atoms with E-state index in [1.807, 2.05) is 18.2 Å². The Morgan fingerprint density at radius 2 is 2.15 bits per heavy atom. The second-order valence-corrected chi connectivity index (χ2v) is 6.95. The number of piperidine rings is 1. The molecule has 1 aromatic carbocycles. The zero-order valence-electron chi connectivity index (χ0n) is 16.8. The van der Waals surface area contributed by atoms with Crippen molar-refractivity contribution in [3.8, 4) is 0 Å². The van der Waals surface area contributed by atoms with E-state index in [2.05, 4.69) is 40.9 Å². The Bertz CT molecular complexity index is 608. The molecule has 2 rings (SSSR count). The lowest BCUT2D eigenvalue weighted by Crippen LogP contribution is -2.39. The van der Waals surface area contributed by atoms with Crippen LogP contribution in [0.3, 0.4) is 0 Å². The standard InChI is InChI=1S/C20H33N5O.HI/c1-4-22-20(24-14-17-8-6-12-25(3)15-17)23-11-10-16-7-5-9-18(13-16)19(26)21-2;/h5,7,9,13,17H,4,6,8,10-12,14-15H2,1-3H3,(H,21,26)(H2,22,23,24);1H. The van der Waals surface area contributed by atoms with Crippen LogP contribution in [0.4, 0.5) is 0 Å². The van der Waals surface area contributed by atoms with E-state index in [-0.39, 0.29) is 29.9 Å². The highest BCUT2D eigenvalue weighted by Gasteiger charge is 2.16. The number of hydrogen-bond acceptors (Lipinski definition) is 3. The molecule has 152 valence electrons.